The topological polar surface area (TPSA) is 60.4 Å². The molecule has 24 heavy (non-hydrogen) atoms. The van der Waals surface area contributed by atoms with Crippen LogP contribution in [0.1, 0.15) is 18.4 Å². The summed E-state index contributed by atoms with van der Waals surface area (Å²) in [6, 6.07) is 10.2. The Balaban J connectivity index is 1.50. The van der Waals surface area contributed by atoms with Gasteiger partial charge in [-0.25, -0.2) is 0 Å². The van der Waals surface area contributed by atoms with E-state index in [1.165, 1.54) is 11.1 Å². The molecule has 1 aromatic rings. The van der Waals surface area contributed by atoms with Gasteiger partial charge in [0.25, 0.3) is 0 Å². The molecule has 4 heteroatoms. The Bertz CT molecular complexity index is 722. The highest BCUT2D eigenvalue weighted by molar-refractivity contribution is 5.87. The van der Waals surface area contributed by atoms with Crippen LogP contribution in [-0.2, 0) is 9.59 Å². The summed E-state index contributed by atoms with van der Waals surface area (Å²) in [4.78, 5) is 26.2. The molecular weight excluding hydrogens is 302 g/mol. The van der Waals surface area contributed by atoms with E-state index in [0.29, 0.717) is 13.1 Å². The third-order valence-corrected chi connectivity index (χ3v) is 5.68. The summed E-state index contributed by atoms with van der Waals surface area (Å²) < 4.78 is 0. The molecule has 4 nitrogen and oxygen atoms in total. The van der Waals surface area contributed by atoms with Crippen molar-refractivity contribution in [1.82, 2.24) is 4.90 Å². The third kappa shape index (κ3) is 2.46. The second kappa shape index (κ2) is 5.93. The van der Waals surface area contributed by atoms with Crippen LogP contribution in [0.3, 0.4) is 0 Å². The van der Waals surface area contributed by atoms with Crippen molar-refractivity contribution in [3.63, 3.8) is 0 Å². The van der Waals surface area contributed by atoms with Gasteiger partial charge in [0.15, 0.2) is 0 Å². The van der Waals surface area contributed by atoms with Gasteiger partial charge in [-0.1, -0.05) is 48.6 Å². The van der Waals surface area contributed by atoms with E-state index in [0.717, 1.165) is 12.8 Å². The Morgan fingerprint density at radius 2 is 1.75 bits per heavy atom. The summed E-state index contributed by atoms with van der Waals surface area (Å²) in [5.41, 5.74) is 2.45. The number of carboxylic acid groups (broad SMARTS) is 1. The summed E-state index contributed by atoms with van der Waals surface area (Å²) in [5.74, 6) is -2.19. The molecule has 4 atom stereocenters. The molecule has 0 aromatic heterocycles. The fourth-order valence-corrected chi connectivity index (χ4v) is 4.47. The number of hydrogen-bond donors (Lipinski definition) is 0. The molecule has 1 aliphatic heterocycles. The number of aliphatic carboxylic acids is 1. The van der Waals surface area contributed by atoms with Gasteiger partial charge in [-0.2, -0.15) is 0 Å². The second-order valence-electron chi connectivity index (χ2n) is 6.95. The molecule has 4 rings (SSSR count). The zero-order valence-electron chi connectivity index (χ0n) is 13.4. The first kappa shape index (κ1) is 15.2. The van der Waals surface area contributed by atoms with Crippen LogP contribution >= 0.6 is 0 Å². The lowest BCUT2D eigenvalue weighted by molar-refractivity contribution is -0.313. The zero-order valence-corrected chi connectivity index (χ0v) is 13.4. The number of benzene rings is 1. The molecule has 124 valence electrons. The van der Waals surface area contributed by atoms with Crippen molar-refractivity contribution in [2.75, 3.05) is 13.1 Å². The number of hydrogen-bond acceptors (Lipinski definition) is 3. The van der Waals surface area contributed by atoms with Crippen molar-refractivity contribution >= 4 is 17.4 Å². The van der Waals surface area contributed by atoms with Crippen molar-refractivity contribution in [3.8, 4) is 0 Å². The maximum absolute atomic E-state index is 12.9. The smallest absolute Gasteiger partial charge is 0.227 e. The van der Waals surface area contributed by atoms with Crippen LogP contribution in [-0.4, -0.2) is 29.9 Å². The Hall–Kier alpha value is -2.36. The lowest BCUT2D eigenvalue weighted by atomic mass is 9.82. The maximum Gasteiger partial charge on any atom is 0.227 e. The number of carbonyl (C=O) groups is 2. The first-order valence-corrected chi connectivity index (χ1v) is 8.57. The van der Waals surface area contributed by atoms with Gasteiger partial charge in [0.2, 0.25) is 5.91 Å². The van der Waals surface area contributed by atoms with Crippen LogP contribution < -0.4 is 5.11 Å². The minimum absolute atomic E-state index is 0.0237. The average Bonchev–Trinajstić information content (AvgIpc) is 3.23. The standard InChI is InChI=1S/C20H21NO3/c22-19(17-15-6-7-16(12-15)18(17)20(23)24)21-10-8-14(9-11-21)13-4-2-1-3-5-13/h1-8,15-18H,9-12H2,(H,23,24)/p-1/t15-,16+,17-,18+/m1/s1. The van der Waals surface area contributed by atoms with Crippen LogP contribution in [0, 0.1) is 23.7 Å². The highest BCUT2D eigenvalue weighted by atomic mass is 16.4. The molecule has 1 heterocycles. The van der Waals surface area contributed by atoms with E-state index in [1.54, 1.807) is 0 Å². The molecule has 0 radical (unpaired) electrons. The van der Waals surface area contributed by atoms with Gasteiger partial charge in [-0.05, 0) is 35.8 Å². The Morgan fingerprint density at radius 3 is 2.38 bits per heavy atom. The minimum atomic E-state index is -1.08. The number of amides is 1. The number of allylic oxidation sites excluding steroid dienone is 2. The van der Waals surface area contributed by atoms with E-state index in [2.05, 4.69) is 18.2 Å². The molecule has 0 N–H and O–H groups in total. The minimum Gasteiger partial charge on any atom is -0.550 e. The predicted molar refractivity (Wildman–Crippen MR) is 88.3 cm³/mol. The SMILES string of the molecule is O=C([O-])[C@@H]1[C@H](C(=O)N2CC=C(c3ccccc3)CC2)[C@@H]2C=C[C@H]1C2. The van der Waals surface area contributed by atoms with E-state index in [1.807, 2.05) is 35.3 Å². The molecular formula is C20H20NO3-. The van der Waals surface area contributed by atoms with E-state index in [9.17, 15) is 14.7 Å². The van der Waals surface area contributed by atoms with E-state index >= 15 is 0 Å². The number of carboxylic acids is 1. The highest BCUT2D eigenvalue weighted by Crippen LogP contribution is 2.48. The fraction of sp³-hybridized carbons (Fsp3) is 0.400. The number of rotatable bonds is 3. The number of carbonyl (C=O) groups excluding carboxylic acids is 2. The second-order valence-corrected chi connectivity index (χ2v) is 6.95. The molecule has 1 saturated carbocycles. The number of nitrogens with zero attached hydrogens (tertiary/aromatic N) is 1. The van der Waals surface area contributed by atoms with Gasteiger partial charge in [0.05, 0.1) is 5.92 Å². The summed E-state index contributed by atoms with van der Waals surface area (Å²) in [5, 5.41) is 11.5. The first-order valence-electron chi connectivity index (χ1n) is 8.57. The molecule has 2 aliphatic carbocycles. The Labute approximate surface area is 141 Å². The van der Waals surface area contributed by atoms with Crippen LogP contribution in [0.25, 0.3) is 5.57 Å². The summed E-state index contributed by atoms with van der Waals surface area (Å²) in [6.07, 6.45) is 7.63. The quantitative estimate of drug-likeness (QED) is 0.792. The van der Waals surface area contributed by atoms with Gasteiger partial charge in [-0.15, -0.1) is 0 Å². The average molecular weight is 322 g/mol. The van der Waals surface area contributed by atoms with E-state index < -0.39 is 17.8 Å². The molecule has 2 bridgehead atoms. The summed E-state index contributed by atoms with van der Waals surface area (Å²) >= 11 is 0. The van der Waals surface area contributed by atoms with Gasteiger partial charge < -0.3 is 14.8 Å². The predicted octanol–water partition coefficient (Wildman–Crippen LogP) is 1.49. The van der Waals surface area contributed by atoms with Crippen molar-refractivity contribution < 1.29 is 14.7 Å². The lowest BCUT2D eigenvalue weighted by Gasteiger charge is -2.34. The normalized spacial score (nSPS) is 31.2. The van der Waals surface area contributed by atoms with E-state index in [4.69, 9.17) is 0 Å². The first-order chi connectivity index (χ1) is 11.6. The van der Waals surface area contributed by atoms with Crippen molar-refractivity contribution in [2.24, 2.45) is 23.7 Å². The Kier molecular flexibility index (Phi) is 3.75. The monoisotopic (exact) mass is 322 g/mol. The molecule has 1 aromatic carbocycles. The fourth-order valence-electron chi connectivity index (χ4n) is 4.47. The lowest BCUT2D eigenvalue weighted by Crippen LogP contribution is -2.47. The van der Waals surface area contributed by atoms with Crippen LogP contribution in [0.4, 0.5) is 0 Å². The van der Waals surface area contributed by atoms with Crippen LogP contribution in [0.5, 0.6) is 0 Å². The highest BCUT2D eigenvalue weighted by Gasteiger charge is 2.49. The van der Waals surface area contributed by atoms with Gasteiger partial charge in [0, 0.05) is 25.0 Å². The largest absolute Gasteiger partial charge is 0.550 e. The van der Waals surface area contributed by atoms with Crippen LogP contribution in [0.2, 0.25) is 0 Å². The Morgan fingerprint density at radius 1 is 1.04 bits per heavy atom. The molecule has 3 aliphatic rings. The third-order valence-electron chi connectivity index (χ3n) is 5.68. The van der Waals surface area contributed by atoms with Gasteiger partial charge >= 0.3 is 0 Å². The molecule has 1 amide bonds. The maximum atomic E-state index is 12.9. The van der Waals surface area contributed by atoms with Gasteiger partial charge in [0.1, 0.15) is 0 Å². The molecule has 1 fully saturated rings. The molecule has 0 spiro atoms. The summed E-state index contributed by atoms with van der Waals surface area (Å²) in [7, 11) is 0. The van der Waals surface area contributed by atoms with Gasteiger partial charge in [-0.3, -0.25) is 4.79 Å². The van der Waals surface area contributed by atoms with Crippen molar-refractivity contribution in [2.45, 2.75) is 12.8 Å². The molecule has 0 saturated heterocycles. The molecule has 0 unspecified atom stereocenters. The zero-order chi connectivity index (χ0) is 16.7. The van der Waals surface area contributed by atoms with E-state index in [-0.39, 0.29) is 17.7 Å². The van der Waals surface area contributed by atoms with Crippen molar-refractivity contribution in [3.05, 3.63) is 54.1 Å². The van der Waals surface area contributed by atoms with Crippen molar-refractivity contribution in [1.29, 1.82) is 0 Å². The van der Waals surface area contributed by atoms with Crippen LogP contribution in [0.15, 0.2) is 48.6 Å². The summed E-state index contributed by atoms with van der Waals surface area (Å²) in [6.45, 7) is 1.21. The number of fused-ring (bicyclic) bond motifs is 2.